The quantitative estimate of drug-likeness (QED) is 0.665. The van der Waals surface area contributed by atoms with Crippen LogP contribution in [0.1, 0.15) is 19.4 Å². The van der Waals surface area contributed by atoms with Crippen molar-refractivity contribution < 1.29 is 9.31 Å². The third kappa shape index (κ3) is 2.29. The van der Waals surface area contributed by atoms with Gasteiger partial charge in [0.2, 0.25) is 0 Å². The third-order valence-electron chi connectivity index (χ3n) is 1.96. The van der Waals surface area contributed by atoms with Crippen LogP contribution in [-0.2, 0) is 15.9 Å². The Hall–Kier alpha value is -0.505. The van der Waals surface area contributed by atoms with Crippen molar-refractivity contribution >= 4 is 24.2 Å². The molecule has 1 aromatic rings. The van der Waals surface area contributed by atoms with Gasteiger partial charge >= 0.3 is 7.12 Å². The zero-order valence-corrected chi connectivity index (χ0v) is 9.47. The molecule has 14 heavy (non-hydrogen) atoms. The molecular formula is C10H14BClO2. The molecule has 1 aliphatic heterocycles. The first-order chi connectivity index (χ1) is 6.81. The highest BCUT2D eigenvalue weighted by Crippen LogP contribution is 2.15. The summed E-state index contributed by atoms with van der Waals surface area (Å²) in [6.07, 6.45) is 0. The average molecular weight is 212 g/mol. The van der Waals surface area contributed by atoms with Gasteiger partial charge in [-0.1, -0.05) is 31.5 Å². The number of hydrogen-bond donors (Lipinski definition) is 0. The Labute approximate surface area is 90.3 Å². The second kappa shape index (κ2) is 5.39. The minimum absolute atomic E-state index is 0.211. The van der Waals surface area contributed by atoms with E-state index in [-0.39, 0.29) is 7.12 Å². The number of rotatable bonds is 1. The predicted molar refractivity (Wildman–Crippen MR) is 60.0 cm³/mol. The highest BCUT2D eigenvalue weighted by atomic mass is 35.5. The fourth-order valence-corrected chi connectivity index (χ4v) is 1.57. The highest BCUT2D eigenvalue weighted by molar-refractivity contribution is 6.62. The summed E-state index contributed by atoms with van der Waals surface area (Å²) >= 11 is 5.82. The molecule has 0 aromatic heterocycles. The molecule has 1 aromatic carbocycles. The van der Waals surface area contributed by atoms with Gasteiger partial charge in [-0.25, -0.2) is 0 Å². The summed E-state index contributed by atoms with van der Waals surface area (Å²) in [6, 6.07) is 5.70. The van der Waals surface area contributed by atoms with Crippen LogP contribution >= 0.6 is 11.6 Å². The number of fused-ring (bicyclic) bond motifs is 1. The van der Waals surface area contributed by atoms with Crippen LogP contribution in [0.3, 0.4) is 0 Å². The smallest absolute Gasteiger partial charge is 0.410 e. The van der Waals surface area contributed by atoms with Crippen LogP contribution in [0.15, 0.2) is 18.2 Å². The number of benzene rings is 1. The Balaban J connectivity index is 0.000000461. The second-order valence-electron chi connectivity index (χ2n) is 2.72. The Morgan fingerprint density at radius 3 is 2.79 bits per heavy atom. The molecule has 0 saturated carbocycles. The molecule has 0 radical (unpaired) electrons. The van der Waals surface area contributed by atoms with E-state index in [1.54, 1.807) is 7.11 Å². The summed E-state index contributed by atoms with van der Waals surface area (Å²) in [5.41, 5.74) is 2.20. The minimum Gasteiger partial charge on any atom is -0.410 e. The molecule has 0 saturated heterocycles. The van der Waals surface area contributed by atoms with Crippen molar-refractivity contribution in [1.82, 2.24) is 0 Å². The van der Waals surface area contributed by atoms with Gasteiger partial charge in [0.05, 0.1) is 6.61 Å². The molecule has 0 bridgehead atoms. The lowest BCUT2D eigenvalue weighted by Crippen LogP contribution is -2.30. The molecular weight excluding hydrogens is 198 g/mol. The van der Waals surface area contributed by atoms with Gasteiger partial charge < -0.3 is 9.31 Å². The van der Waals surface area contributed by atoms with Gasteiger partial charge in [-0.15, -0.1) is 0 Å². The molecule has 0 spiro atoms. The largest absolute Gasteiger partial charge is 0.494 e. The Kier molecular flexibility index (Phi) is 4.46. The molecule has 4 heteroatoms. The van der Waals surface area contributed by atoms with Crippen LogP contribution in [0.2, 0.25) is 5.02 Å². The van der Waals surface area contributed by atoms with E-state index < -0.39 is 0 Å². The van der Waals surface area contributed by atoms with Gasteiger partial charge in [0.25, 0.3) is 0 Å². The van der Waals surface area contributed by atoms with E-state index >= 15 is 0 Å². The maximum atomic E-state index is 5.82. The number of halogens is 1. The van der Waals surface area contributed by atoms with Crippen molar-refractivity contribution in [2.45, 2.75) is 20.5 Å². The van der Waals surface area contributed by atoms with Crippen LogP contribution in [0.4, 0.5) is 0 Å². The van der Waals surface area contributed by atoms with Crippen LogP contribution in [0, 0.1) is 0 Å². The van der Waals surface area contributed by atoms with E-state index in [9.17, 15) is 0 Å². The van der Waals surface area contributed by atoms with E-state index in [4.69, 9.17) is 20.9 Å². The van der Waals surface area contributed by atoms with Gasteiger partial charge in [-0.05, 0) is 23.2 Å². The molecule has 2 rings (SSSR count). The first-order valence-electron chi connectivity index (χ1n) is 4.74. The standard InChI is InChI=1S/C8H8BClO2.C2H6/c1-11-9-8-3-2-7(10)4-6(8)5-12-9;1-2/h2-4H,5H2,1H3;1-2H3. The van der Waals surface area contributed by atoms with Crippen LogP contribution in [-0.4, -0.2) is 14.2 Å². The van der Waals surface area contributed by atoms with E-state index in [0.717, 1.165) is 16.0 Å². The SMILES string of the molecule is CC.COB1OCc2cc(Cl)ccc21. The normalized spacial score (nSPS) is 13.3. The molecule has 1 aliphatic rings. The van der Waals surface area contributed by atoms with Crippen molar-refractivity contribution in [2.24, 2.45) is 0 Å². The molecule has 2 nitrogen and oxygen atoms in total. The topological polar surface area (TPSA) is 18.5 Å². The van der Waals surface area contributed by atoms with Crippen LogP contribution < -0.4 is 5.46 Å². The van der Waals surface area contributed by atoms with Gasteiger partial charge in [0, 0.05) is 12.1 Å². The maximum absolute atomic E-state index is 5.82. The summed E-state index contributed by atoms with van der Waals surface area (Å²) in [5.74, 6) is 0. The zero-order chi connectivity index (χ0) is 10.6. The summed E-state index contributed by atoms with van der Waals surface area (Å²) < 4.78 is 10.5. The summed E-state index contributed by atoms with van der Waals surface area (Å²) in [5, 5.41) is 0.745. The van der Waals surface area contributed by atoms with E-state index in [1.165, 1.54) is 0 Å². The van der Waals surface area contributed by atoms with Crippen LogP contribution in [0.5, 0.6) is 0 Å². The fourth-order valence-electron chi connectivity index (χ4n) is 1.38. The molecule has 0 N–H and O–H groups in total. The predicted octanol–water partition coefficient (Wildman–Crippen LogP) is 2.24. The lowest BCUT2D eigenvalue weighted by molar-refractivity contribution is 0.245. The minimum atomic E-state index is -0.211. The third-order valence-corrected chi connectivity index (χ3v) is 2.20. The molecule has 76 valence electrons. The monoisotopic (exact) mass is 212 g/mol. The van der Waals surface area contributed by atoms with Gasteiger partial charge in [-0.2, -0.15) is 0 Å². The summed E-state index contributed by atoms with van der Waals surface area (Å²) in [4.78, 5) is 0. The van der Waals surface area contributed by atoms with Gasteiger partial charge in [-0.3, -0.25) is 0 Å². The van der Waals surface area contributed by atoms with Crippen molar-refractivity contribution in [2.75, 3.05) is 7.11 Å². The van der Waals surface area contributed by atoms with Crippen LogP contribution in [0.25, 0.3) is 0 Å². The first kappa shape index (κ1) is 11.6. The van der Waals surface area contributed by atoms with E-state index in [1.807, 2.05) is 32.0 Å². The molecule has 0 atom stereocenters. The molecule has 0 unspecified atom stereocenters. The Morgan fingerprint density at radius 1 is 1.43 bits per heavy atom. The van der Waals surface area contributed by atoms with Crippen molar-refractivity contribution in [3.8, 4) is 0 Å². The fraction of sp³-hybridized carbons (Fsp3) is 0.400. The van der Waals surface area contributed by atoms with E-state index in [0.29, 0.717) is 6.61 Å². The average Bonchev–Trinajstić information content (AvgIpc) is 2.62. The lowest BCUT2D eigenvalue weighted by atomic mass is 9.79. The van der Waals surface area contributed by atoms with E-state index in [2.05, 4.69) is 0 Å². The van der Waals surface area contributed by atoms with Crippen molar-refractivity contribution in [1.29, 1.82) is 0 Å². The second-order valence-corrected chi connectivity index (χ2v) is 3.16. The molecule has 0 fully saturated rings. The molecule has 0 amide bonds. The van der Waals surface area contributed by atoms with Crippen molar-refractivity contribution in [3.63, 3.8) is 0 Å². The maximum Gasteiger partial charge on any atom is 0.494 e. The van der Waals surface area contributed by atoms with Gasteiger partial charge in [0.1, 0.15) is 0 Å². The zero-order valence-electron chi connectivity index (χ0n) is 8.71. The molecule has 1 heterocycles. The molecule has 0 aliphatic carbocycles. The Morgan fingerprint density at radius 2 is 2.14 bits per heavy atom. The van der Waals surface area contributed by atoms with Gasteiger partial charge in [0.15, 0.2) is 0 Å². The lowest BCUT2D eigenvalue weighted by Gasteiger charge is -2.01. The van der Waals surface area contributed by atoms with Crippen molar-refractivity contribution in [3.05, 3.63) is 28.8 Å². The number of hydrogen-bond acceptors (Lipinski definition) is 2. The highest BCUT2D eigenvalue weighted by Gasteiger charge is 2.29. The Bertz CT molecular complexity index is 304. The summed E-state index contributed by atoms with van der Waals surface area (Å²) in [7, 11) is 1.42. The summed E-state index contributed by atoms with van der Waals surface area (Å²) in [6.45, 7) is 4.59. The first-order valence-corrected chi connectivity index (χ1v) is 5.12.